The van der Waals surface area contributed by atoms with E-state index in [4.69, 9.17) is 21.1 Å². The number of hydrogen-bond donors (Lipinski definition) is 1. The maximum atomic E-state index is 12.7. The molecule has 0 aliphatic heterocycles. The second kappa shape index (κ2) is 7.87. The number of carbonyl (C=O) groups is 3. The Bertz CT molecular complexity index is 670. The van der Waals surface area contributed by atoms with Gasteiger partial charge in [0.25, 0.3) is 0 Å². The summed E-state index contributed by atoms with van der Waals surface area (Å²) in [7, 11) is 1.51. The van der Waals surface area contributed by atoms with Gasteiger partial charge in [0.1, 0.15) is 0 Å². The number of fused-ring (bicyclic) bond motifs is 1. The molecular weight excluding hydrogens is 346 g/mol. The fourth-order valence-corrected chi connectivity index (χ4v) is 3.51. The van der Waals surface area contributed by atoms with Gasteiger partial charge in [0.15, 0.2) is 5.41 Å². The van der Waals surface area contributed by atoms with Crippen molar-refractivity contribution in [1.29, 1.82) is 0 Å². The summed E-state index contributed by atoms with van der Waals surface area (Å²) in [6.07, 6.45) is 0.0326. The second-order valence-electron chi connectivity index (χ2n) is 5.88. The molecule has 1 atom stereocenters. The third-order valence-electron chi connectivity index (χ3n) is 4.46. The van der Waals surface area contributed by atoms with Gasteiger partial charge in [0, 0.05) is 18.5 Å². The van der Waals surface area contributed by atoms with E-state index in [2.05, 4.69) is 5.32 Å². The summed E-state index contributed by atoms with van der Waals surface area (Å²) < 4.78 is 10.3. The molecule has 1 N–H and O–H groups in total. The first-order chi connectivity index (χ1) is 11.9. The molecule has 0 saturated heterocycles. The van der Waals surface area contributed by atoms with Crippen LogP contribution in [0.1, 0.15) is 37.3 Å². The normalized spacial score (nSPS) is 18.0. The van der Waals surface area contributed by atoms with Crippen LogP contribution in [0.3, 0.4) is 0 Å². The second-order valence-corrected chi connectivity index (χ2v) is 6.29. The molecule has 25 heavy (non-hydrogen) atoms. The molecule has 6 nitrogen and oxygen atoms in total. The van der Waals surface area contributed by atoms with Crippen LogP contribution in [-0.2, 0) is 30.3 Å². The Morgan fingerprint density at radius 3 is 2.32 bits per heavy atom. The minimum absolute atomic E-state index is 0.0162. The highest BCUT2D eigenvalue weighted by Gasteiger charge is 2.54. The van der Waals surface area contributed by atoms with E-state index in [-0.39, 0.29) is 32.0 Å². The first kappa shape index (κ1) is 19.2. The Balaban J connectivity index is 2.62. The lowest BCUT2D eigenvalue weighted by Crippen LogP contribution is -2.49. The lowest BCUT2D eigenvalue weighted by atomic mass is 9.66. The summed E-state index contributed by atoms with van der Waals surface area (Å²) in [5.41, 5.74) is -0.262. The van der Waals surface area contributed by atoms with Gasteiger partial charge in [-0.15, -0.1) is 0 Å². The van der Waals surface area contributed by atoms with Crippen molar-refractivity contribution in [2.24, 2.45) is 5.41 Å². The standard InChI is InChI=1S/C18H22ClNO5/c1-4-24-16(22)18(17(23)25-5-2)9-12-11(7-6-8-14(12)19)13(10-18)15(21)20-3/h6-8,13H,4-5,9-10H2,1-3H3,(H,20,21). The quantitative estimate of drug-likeness (QED) is 0.637. The summed E-state index contributed by atoms with van der Waals surface area (Å²) >= 11 is 6.31. The highest BCUT2D eigenvalue weighted by molar-refractivity contribution is 6.31. The maximum absolute atomic E-state index is 12.7. The molecule has 1 amide bonds. The summed E-state index contributed by atoms with van der Waals surface area (Å²) in [6, 6.07) is 5.22. The van der Waals surface area contributed by atoms with Crippen LogP contribution in [-0.4, -0.2) is 38.1 Å². The molecular formula is C18H22ClNO5. The number of ether oxygens (including phenoxy) is 2. The maximum Gasteiger partial charge on any atom is 0.323 e. The van der Waals surface area contributed by atoms with Gasteiger partial charge in [-0.1, -0.05) is 23.7 Å². The van der Waals surface area contributed by atoms with E-state index in [1.165, 1.54) is 7.05 Å². The van der Waals surface area contributed by atoms with Crippen LogP contribution in [0.2, 0.25) is 5.02 Å². The molecule has 0 bridgehead atoms. The number of amides is 1. The zero-order valence-electron chi connectivity index (χ0n) is 14.6. The van der Waals surface area contributed by atoms with Gasteiger partial charge in [-0.25, -0.2) is 0 Å². The van der Waals surface area contributed by atoms with Crippen LogP contribution in [0.5, 0.6) is 0 Å². The lowest BCUT2D eigenvalue weighted by molar-refractivity contribution is -0.173. The molecule has 7 heteroatoms. The van der Waals surface area contributed by atoms with Crippen molar-refractivity contribution >= 4 is 29.4 Å². The SMILES string of the molecule is CCOC(=O)C1(C(=O)OCC)Cc2c(Cl)cccc2C(C(=O)NC)C1. The van der Waals surface area contributed by atoms with Crippen molar-refractivity contribution < 1.29 is 23.9 Å². The van der Waals surface area contributed by atoms with Crippen molar-refractivity contribution in [3.63, 3.8) is 0 Å². The Hall–Kier alpha value is -2.08. The Labute approximate surface area is 151 Å². The van der Waals surface area contributed by atoms with E-state index >= 15 is 0 Å². The monoisotopic (exact) mass is 367 g/mol. The van der Waals surface area contributed by atoms with Crippen LogP contribution >= 0.6 is 11.6 Å². The number of esters is 2. The van der Waals surface area contributed by atoms with E-state index in [0.717, 1.165) is 5.56 Å². The van der Waals surface area contributed by atoms with Crippen molar-refractivity contribution in [2.75, 3.05) is 20.3 Å². The van der Waals surface area contributed by atoms with Gasteiger partial charge >= 0.3 is 11.9 Å². The number of nitrogens with one attached hydrogen (secondary N) is 1. The summed E-state index contributed by atoms with van der Waals surface area (Å²) in [6.45, 7) is 3.58. The zero-order valence-corrected chi connectivity index (χ0v) is 15.3. The fraction of sp³-hybridized carbons (Fsp3) is 0.500. The highest BCUT2D eigenvalue weighted by atomic mass is 35.5. The molecule has 1 unspecified atom stereocenters. The van der Waals surface area contributed by atoms with Crippen molar-refractivity contribution in [1.82, 2.24) is 5.32 Å². The minimum Gasteiger partial charge on any atom is -0.465 e. The van der Waals surface area contributed by atoms with Gasteiger partial charge < -0.3 is 14.8 Å². The molecule has 1 aromatic carbocycles. The molecule has 0 radical (unpaired) electrons. The Kier molecular flexibility index (Phi) is 6.06. The number of hydrogen-bond acceptors (Lipinski definition) is 5. The van der Waals surface area contributed by atoms with Crippen molar-refractivity contribution in [2.45, 2.75) is 32.6 Å². The molecule has 0 saturated carbocycles. The number of rotatable bonds is 5. The van der Waals surface area contributed by atoms with Crippen LogP contribution in [0.25, 0.3) is 0 Å². The minimum atomic E-state index is -1.58. The zero-order chi connectivity index (χ0) is 18.6. The molecule has 0 aromatic heterocycles. The number of halogens is 1. The van der Waals surface area contributed by atoms with Crippen LogP contribution < -0.4 is 5.32 Å². The van der Waals surface area contributed by atoms with E-state index in [9.17, 15) is 14.4 Å². The summed E-state index contributed by atoms with van der Waals surface area (Å²) in [5.74, 6) is -2.36. The van der Waals surface area contributed by atoms with Crippen LogP contribution in [0.4, 0.5) is 0 Å². The average molecular weight is 368 g/mol. The van der Waals surface area contributed by atoms with Gasteiger partial charge in [-0.05, 0) is 37.5 Å². The summed E-state index contributed by atoms with van der Waals surface area (Å²) in [5, 5.41) is 2.99. The average Bonchev–Trinajstić information content (AvgIpc) is 2.61. The first-order valence-electron chi connectivity index (χ1n) is 8.24. The van der Waals surface area contributed by atoms with Crippen LogP contribution in [0, 0.1) is 5.41 Å². The first-order valence-corrected chi connectivity index (χ1v) is 8.62. The van der Waals surface area contributed by atoms with Gasteiger partial charge in [0.05, 0.1) is 19.1 Å². The molecule has 1 aliphatic rings. The summed E-state index contributed by atoms with van der Waals surface area (Å²) in [4.78, 5) is 37.9. The molecule has 2 rings (SSSR count). The topological polar surface area (TPSA) is 81.7 Å². The molecule has 136 valence electrons. The Morgan fingerprint density at radius 2 is 1.80 bits per heavy atom. The number of benzene rings is 1. The van der Waals surface area contributed by atoms with Crippen molar-refractivity contribution in [3.05, 3.63) is 34.3 Å². The van der Waals surface area contributed by atoms with Gasteiger partial charge in [-0.2, -0.15) is 0 Å². The largest absolute Gasteiger partial charge is 0.465 e. The van der Waals surface area contributed by atoms with Crippen molar-refractivity contribution in [3.8, 4) is 0 Å². The molecule has 1 aliphatic carbocycles. The third-order valence-corrected chi connectivity index (χ3v) is 4.81. The van der Waals surface area contributed by atoms with E-state index in [1.54, 1.807) is 32.0 Å². The van der Waals surface area contributed by atoms with Gasteiger partial charge in [0.2, 0.25) is 5.91 Å². The fourth-order valence-electron chi connectivity index (χ4n) is 3.26. The third kappa shape index (κ3) is 3.49. The molecule has 0 fully saturated rings. The smallest absolute Gasteiger partial charge is 0.323 e. The van der Waals surface area contributed by atoms with E-state index in [1.807, 2.05) is 0 Å². The molecule has 0 spiro atoms. The van der Waals surface area contributed by atoms with Crippen LogP contribution in [0.15, 0.2) is 18.2 Å². The molecule has 1 aromatic rings. The number of carbonyl (C=O) groups excluding carboxylic acids is 3. The predicted octanol–water partition coefficient (Wildman–Crippen LogP) is 2.23. The highest BCUT2D eigenvalue weighted by Crippen LogP contribution is 2.46. The van der Waals surface area contributed by atoms with E-state index in [0.29, 0.717) is 10.6 Å². The van der Waals surface area contributed by atoms with E-state index < -0.39 is 23.3 Å². The number of likely N-dealkylation sites (N-methyl/N-ethyl adjacent to an activating group) is 1. The Morgan fingerprint density at radius 1 is 1.20 bits per heavy atom. The van der Waals surface area contributed by atoms with Gasteiger partial charge in [-0.3, -0.25) is 14.4 Å². The molecule has 0 heterocycles. The lowest BCUT2D eigenvalue weighted by Gasteiger charge is -2.37. The predicted molar refractivity (Wildman–Crippen MR) is 92.3 cm³/mol.